The summed E-state index contributed by atoms with van der Waals surface area (Å²) in [5.74, 6) is -0.0956. The molecule has 0 aromatic carbocycles. The highest BCUT2D eigenvalue weighted by Gasteiger charge is 2.31. The zero-order valence-electron chi connectivity index (χ0n) is 19.4. The smallest absolute Gasteiger partial charge is 0.245 e. The van der Waals surface area contributed by atoms with Crippen molar-refractivity contribution in [2.24, 2.45) is 5.73 Å². The summed E-state index contributed by atoms with van der Waals surface area (Å²) in [5.41, 5.74) is 5.32. The first kappa shape index (κ1) is 27.8. The highest BCUT2D eigenvalue weighted by Crippen LogP contribution is 2.18. The fourth-order valence-electron chi connectivity index (χ4n) is 3.40. The third-order valence-corrected chi connectivity index (χ3v) is 5.17. The molecular weight excluding hydrogens is 402 g/mol. The van der Waals surface area contributed by atoms with Crippen LogP contribution in [0.3, 0.4) is 0 Å². The van der Waals surface area contributed by atoms with Gasteiger partial charge in [-0.15, -0.1) is 0 Å². The van der Waals surface area contributed by atoms with Gasteiger partial charge in [0.25, 0.3) is 0 Å². The van der Waals surface area contributed by atoms with E-state index in [2.05, 4.69) is 19.2 Å². The molecule has 0 aromatic rings. The van der Waals surface area contributed by atoms with Gasteiger partial charge in [-0.3, -0.25) is 9.59 Å². The number of likely N-dealkylation sites (tertiary alicyclic amines) is 1. The molecule has 3 N–H and O–H groups in total. The maximum absolute atomic E-state index is 12.8. The molecule has 1 aliphatic heterocycles. The largest absolute Gasteiger partial charge is 0.379 e. The summed E-state index contributed by atoms with van der Waals surface area (Å²) in [6.45, 7) is 9.20. The average molecular weight is 446 g/mol. The van der Waals surface area contributed by atoms with E-state index in [1.54, 1.807) is 0 Å². The SMILES string of the molecule is CCCCC(NC(=O)CCOCCOCCOCCOCCN)C(=O)N1CCCC1C. The Morgan fingerprint density at radius 3 is 2.10 bits per heavy atom. The second-order valence-electron chi connectivity index (χ2n) is 7.77. The van der Waals surface area contributed by atoms with Crippen molar-refractivity contribution in [3.63, 3.8) is 0 Å². The zero-order valence-corrected chi connectivity index (χ0v) is 19.4. The van der Waals surface area contributed by atoms with E-state index in [1.807, 2.05) is 4.90 Å². The number of carbonyl (C=O) groups excluding carboxylic acids is 2. The third-order valence-electron chi connectivity index (χ3n) is 5.17. The summed E-state index contributed by atoms with van der Waals surface area (Å²) in [6, 6.07) is -0.177. The quantitative estimate of drug-likeness (QED) is 0.286. The third kappa shape index (κ3) is 13.0. The maximum atomic E-state index is 12.8. The molecule has 2 atom stereocenters. The molecule has 9 nitrogen and oxygen atoms in total. The summed E-state index contributed by atoms with van der Waals surface area (Å²) < 4.78 is 21.4. The number of unbranched alkanes of at least 4 members (excludes halogenated alkanes) is 1. The normalized spacial score (nSPS) is 17.1. The fraction of sp³-hybridized carbons (Fsp3) is 0.909. The molecule has 1 aliphatic rings. The van der Waals surface area contributed by atoms with Crippen molar-refractivity contribution in [2.75, 3.05) is 65.9 Å². The second-order valence-corrected chi connectivity index (χ2v) is 7.77. The first-order valence-electron chi connectivity index (χ1n) is 11.7. The summed E-state index contributed by atoms with van der Waals surface area (Å²) in [5, 5.41) is 2.92. The van der Waals surface area contributed by atoms with Crippen LogP contribution < -0.4 is 11.1 Å². The van der Waals surface area contributed by atoms with Gasteiger partial charge in [-0.25, -0.2) is 0 Å². The highest BCUT2D eigenvalue weighted by atomic mass is 16.6. The number of nitrogens with zero attached hydrogens (tertiary/aromatic N) is 1. The molecule has 0 bridgehead atoms. The number of rotatable bonds is 19. The van der Waals surface area contributed by atoms with Crippen LogP contribution in [0.25, 0.3) is 0 Å². The fourth-order valence-corrected chi connectivity index (χ4v) is 3.40. The Morgan fingerprint density at radius 2 is 1.58 bits per heavy atom. The molecule has 2 unspecified atom stereocenters. The van der Waals surface area contributed by atoms with Crippen molar-refractivity contribution in [3.05, 3.63) is 0 Å². The lowest BCUT2D eigenvalue weighted by Crippen LogP contribution is -2.49. The van der Waals surface area contributed by atoms with Crippen LogP contribution in [0.5, 0.6) is 0 Å². The van der Waals surface area contributed by atoms with Gasteiger partial charge >= 0.3 is 0 Å². The standard InChI is InChI=1S/C22H43N3O6/c1-3-4-7-20(22(27)25-10-5-6-19(25)2)24-21(26)8-11-28-13-15-30-17-18-31-16-14-29-12-9-23/h19-20H,3-18,23H2,1-2H3,(H,24,26). The Morgan fingerprint density at radius 1 is 1.00 bits per heavy atom. The average Bonchev–Trinajstić information content (AvgIpc) is 3.19. The lowest BCUT2D eigenvalue weighted by atomic mass is 10.1. The molecule has 9 heteroatoms. The van der Waals surface area contributed by atoms with E-state index >= 15 is 0 Å². The van der Waals surface area contributed by atoms with E-state index in [0.717, 1.165) is 32.2 Å². The molecule has 182 valence electrons. The van der Waals surface area contributed by atoms with Gasteiger partial charge < -0.3 is 34.9 Å². The van der Waals surface area contributed by atoms with Crippen molar-refractivity contribution in [2.45, 2.75) is 64.5 Å². The number of nitrogens with one attached hydrogen (secondary N) is 1. The molecule has 31 heavy (non-hydrogen) atoms. The van der Waals surface area contributed by atoms with Crippen molar-refractivity contribution in [3.8, 4) is 0 Å². The number of nitrogens with two attached hydrogens (primary N) is 1. The van der Waals surface area contributed by atoms with Gasteiger partial charge in [0.1, 0.15) is 6.04 Å². The van der Waals surface area contributed by atoms with E-state index in [1.165, 1.54) is 0 Å². The van der Waals surface area contributed by atoms with Gasteiger partial charge in [0.15, 0.2) is 0 Å². The lowest BCUT2D eigenvalue weighted by molar-refractivity contribution is -0.137. The van der Waals surface area contributed by atoms with Crippen LogP contribution in [0.4, 0.5) is 0 Å². The molecule has 1 heterocycles. The molecule has 0 radical (unpaired) electrons. The van der Waals surface area contributed by atoms with Crippen LogP contribution in [0.15, 0.2) is 0 Å². The Labute approximate surface area is 187 Å². The Hall–Kier alpha value is -1.26. The number of amides is 2. The van der Waals surface area contributed by atoms with Crippen molar-refractivity contribution in [1.82, 2.24) is 10.2 Å². The van der Waals surface area contributed by atoms with Crippen LogP contribution in [-0.2, 0) is 28.5 Å². The number of hydrogen-bond donors (Lipinski definition) is 2. The van der Waals surface area contributed by atoms with Crippen LogP contribution in [0, 0.1) is 0 Å². The van der Waals surface area contributed by atoms with Gasteiger partial charge in [0, 0.05) is 25.6 Å². The first-order valence-corrected chi connectivity index (χ1v) is 11.7. The topological polar surface area (TPSA) is 112 Å². The van der Waals surface area contributed by atoms with Crippen molar-refractivity contribution < 1.29 is 28.5 Å². The number of carbonyl (C=O) groups is 2. The summed E-state index contributed by atoms with van der Waals surface area (Å²) in [6.07, 6.45) is 4.89. The highest BCUT2D eigenvalue weighted by molar-refractivity contribution is 5.88. The van der Waals surface area contributed by atoms with Gasteiger partial charge in [-0.2, -0.15) is 0 Å². The molecular formula is C22H43N3O6. The van der Waals surface area contributed by atoms with E-state index in [4.69, 9.17) is 24.7 Å². The molecule has 1 saturated heterocycles. The van der Waals surface area contributed by atoms with Crippen LogP contribution in [-0.4, -0.2) is 94.7 Å². The monoisotopic (exact) mass is 445 g/mol. The van der Waals surface area contributed by atoms with E-state index in [0.29, 0.717) is 65.8 Å². The van der Waals surface area contributed by atoms with Crippen LogP contribution in [0.1, 0.15) is 52.4 Å². The summed E-state index contributed by atoms with van der Waals surface area (Å²) in [7, 11) is 0. The minimum Gasteiger partial charge on any atom is -0.379 e. The summed E-state index contributed by atoms with van der Waals surface area (Å²) >= 11 is 0. The predicted octanol–water partition coefficient (Wildman–Crippen LogP) is 1.09. The molecule has 0 aromatic heterocycles. The van der Waals surface area contributed by atoms with Gasteiger partial charge in [-0.05, 0) is 26.2 Å². The molecule has 0 aliphatic carbocycles. The zero-order chi connectivity index (χ0) is 22.7. The maximum Gasteiger partial charge on any atom is 0.245 e. The minimum atomic E-state index is -0.433. The summed E-state index contributed by atoms with van der Waals surface area (Å²) in [4.78, 5) is 27.0. The van der Waals surface area contributed by atoms with Gasteiger partial charge in [-0.1, -0.05) is 19.8 Å². The van der Waals surface area contributed by atoms with E-state index in [9.17, 15) is 9.59 Å². The Bertz CT molecular complexity index is 480. The lowest BCUT2D eigenvalue weighted by Gasteiger charge is -2.27. The Balaban J connectivity index is 2.08. The van der Waals surface area contributed by atoms with Crippen LogP contribution in [0.2, 0.25) is 0 Å². The number of hydrogen-bond acceptors (Lipinski definition) is 7. The molecule has 0 saturated carbocycles. The minimum absolute atomic E-state index is 0.0503. The van der Waals surface area contributed by atoms with Gasteiger partial charge in [0.2, 0.25) is 11.8 Å². The van der Waals surface area contributed by atoms with E-state index < -0.39 is 6.04 Å². The predicted molar refractivity (Wildman–Crippen MR) is 119 cm³/mol. The number of ether oxygens (including phenoxy) is 4. The molecule has 0 spiro atoms. The second kappa shape index (κ2) is 18.3. The van der Waals surface area contributed by atoms with Gasteiger partial charge in [0.05, 0.1) is 52.9 Å². The van der Waals surface area contributed by atoms with E-state index in [-0.39, 0.29) is 24.3 Å². The van der Waals surface area contributed by atoms with Crippen molar-refractivity contribution >= 4 is 11.8 Å². The van der Waals surface area contributed by atoms with Crippen LogP contribution >= 0.6 is 0 Å². The molecule has 2 amide bonds. The molecule has 1 fully saturated rings. The Kier molecular flexibility index (Phi) is 16.4. The van der Waals surface area contributed by atoms with Crippen molar-refractivity contribution in [1.29, 1.82) is 0 Å². The molecule has 1 rings (SSSR count). The first-order chi connectivity index (χ1) is 15.1.